The highest BCUT2D eigenvalue weighted by Crippen LogP contribution is 2.32. The van der Waals surface area contributed by atoms with Crippen molar-refractivity contribution in [2.75, 3.05) is 23.3 Å². The van der Waals surface area contributed by atoms with Crippen molar-refractivity contribution in [3.63, 3.8) is 0 Å². The third-order valence-electron chi connectivity index (χ3n) is 3.80. The quantitative estimate of drug-likeness (QED) is 0.844. The zero-order valence-electron chi connectivity index (χ0n) is 12.3. The number of nitrogens with one attached hydrogen (secondary N) is 1. The van der Waals surface area contributed by atoms with Crippen molar-refractivity contribution in [2.45, 2.75) is 12.8 Å². The Balaban J connectivity index is 1.91. The van der Waals surface area contributed by atoms with Crippen LogP contribution in [0.25, 0.3) is 0 Å². The van der Waals surface area contributed by atoms with Crippen molar-refractivity contribution >= 4 is 40.5 Å². The van der Waals surface area contributed by atoms with E-state index in [1.54, 1.807) is 12.1 Å². The predicted molar refractivity (Wildman–Crippen MR) is 92.3 cm³/mol. The Hall–Kier alpha value is -1.78. The van der Waals surface area contributed by atoms with Gasteiger partial charge in [-0.3, -0.25) is 4.79 Å². The summed E-state index contributed by atoms with van der Waals surface area (Å²) in [6.07, 6.45) is 2.13. The molecule has 0 aliphatic carbocycles. The topological polar surface area (TPSA) is 32.3 Å². The van der Waals surface area contributed by atoms with Crippen LogP contribution in [0.2, 0.25) is 10.0 Å². The molecule has 120 valence electrons. The monoisotopic (exact) mass is 352 g/mol. The predicted octanol–water partition coefficient (Wildman–Crippen LogP) is 4.99. The summed E-state index contributed by atoms with van der Waals surface area (Å²) in [5.41, 5.74) is 1.18. The number of para-hydroxylation sites is 1. The van der Waals surface area contributed by atoms with E-state index in [1.807, 2.05) is 6.07 Å². The third-order valence-corrected chi connectivity index (χ3v) is 4.24. The van der Waals surface area contributed by atoms with Crippen molar-refractivity contribution in [1.82, 2.24) is 0 Å². The summed E-state index contributed by atoms with van der Waals surface area (Å²) < 4.78 is 14.2. The second-order valence-electron chi connectivity index (χ2n) is 5.44. The van der Waals surface area contributed by atoms with Crippen LogP contribution in [0.5, 0.6) is 0 Å². The van der Waals surface area contributed by atoms with Crippen LogP contribution in [0, 0.1) is 5.82 Å². The van der Waals surface area contributed by atoms with E-state index in [0.29, 0.717) is 15.7 Å². The first-order chi connectivity index (χ1) is 11.0. The molecule has 0 bridgehead atoms. The van der Waals surface area contributed by atoms with Crippen LogP contribution in [0.3, 0.4) is 0 Å². The molecule has 6 heteroatoms. The first-order valence-electron chi connectivity index (χ1n) is 7.35. The fourth-order valence-corrected chi connectivity index (χ4v) is 3.25. The van der Waals surface area contributed by atoms with Gasteiger partial charge in [-0.15, -0.1) is 0 Å². The Morgan fingerprint density at radius 1 is 1.09 bits per heavy atom. The van der Waals surface area contributed by atoms with Gasteiger partial charge in [-0.25, -0.2) is 4.39 Å². The molecule has 0 spiro atoms. The van der Waals surface area contributed by atoms with Gasteiger partial charge in [0, 0.05) is 28.7 Å². The van der Waals surface area contributed by atoms with E-state index < -0.39 is 11.7 Å². The molecule has 1 amide bonds. The van der Waals surface area contributed by atoms with E-state index in [9.17, 15) is 9.18 Å². The van der Waals surface area contributed by atoms with E-state index in [2.05, 4.69) is 10.2 Å². The molecule has 1 heterocycles. The highest BCUT2D eigenvalue weighted by Gasteiger charge is 2.20. The number of nitrogens with zero attached hydrogens (tertiary/aromatic N) is 1. The number of hydrogen-bond donors (Lipinski definition) is 1. The molecule has 1 fully saturated rings. The molecular formula is C17H15Cl2FN2O. The number of rotatable bonds is 3. The van der Waals surface area contributed by atoms with Crippen LogP contribution < -0.4 is 10.2 Å². The smallest absolute Gasteiger partial charge is 0.255 e. The molecule has 3 nitrogen and oxygen atoms in total. The van der Waals surface area contributed by atoms with Crippen molar-refractivity contribution in [3.05, 3.63) is 57.8 Å². The van der Waals surface area contributed by atoms with E-state index in [-0.39, 0.29) is 11.3 Å². The number of carbonyl (C=O) groups is 1. The van der Waals surface area contributed by atoms with Crippen LogP contribution >= 0.6 is 23.2 Å². The van der Waals surface area contributed by atoms with Gasteiger partial charge in [-0.2, -0.15) is 0 Å². The van der Waals surface area contributed by atoms with Crippen LogP contribution in [0.15, 0.2) is 36.4 Å². The molecule has 3 rings (SSSR count). The van der Waals surface area contributed by atoms with E-state index >= 15 is 0 Å². The van der Waals surface area contributed by atoms with E-state index in [0.717, 1.165) is 25.9 Å². The lowest BCUT2D eigenvalue weighted by Crippen LogP contribution is -2.22. The minimum absolute atomic E-state index is 0.190. The van der Waals surface area contributed by atoms with Gasteiger partial charge in [0.1, 0.15) is 11.5 Å². The summed E-state index contributed by atoms with van der Waals surface area (Å²) in [7, 11) is 0. The normalized spacial score (nSPS) is 14.1. The van der Waals surface area contributed by atoms with Gasteiger partial charge in [0.05, 0.1) is 5.69 Å². The first-order valence-corrected chi connectivity index (χ1v) is 8.11. The van der Waals surface area contributed by atoms with Gasteiger partial charge >= 0.3 is 0 Å². The Bertz CT molecular complexity index is 725. The number of anilines is 2. The van der Waals surface area contributed by atoms with E-state index in [4.69, 9.17) is 23.2 Å². The molecule has 2 aromatic carbocycles. The van der Waals surface area contributed by atoms with Gasteiger partial charge < -0.3 is 10.2 Å². The molecule has 1 aliphatic heterocycles. The standard InChI is InChI=1S/C17H15Cl2FN2O/c18-12-8-11(9-13(19)10-12)17(23)21-16-14(20)4-3-5-15(16)22-6-1-2-7-22/h3-5,8-10H,1-2,6-7H2,(H,21,23). The number of carbonyl (C=O) groups excluding carboxylic acids is 1. The third kappa shape index (κ3) is 3.59. The maximum atomic E-state index is 14.2. The SMILES string of the molecule is O=C(Nc1c(F)cccc1N1CCCC1)c1cc(Cl)cc(Cl)c1. The minimum Gasteiger partial charge on any atom is -0.370 e. The van der Waals surface area contributed by atoms with Crippen molar-refractivity contribution in [3.8, 4) is 0 Å². The highest BCUT2D eigenvalue weighted by atomic mass is 35.5. The minimum atomic E-state index is -0.462. The molecule has 0 saturated carbocycles. The number of halogens is 3. The average molecular weight is 353 g/mol. The van der Waals surface area contributed by atoms with Gasteiger partial charge in [-0.1, -0.05) is 29.3 Å². The lowest BCUT2D eigenvalue weighted by Gasteiger charge is -2.22. The second-order valence-corrected chi connectivity index (χ2v) is 6.31. The van der Waals surface area contributed by atoms with E-state index in [1.165, 1.54) is 18.2 Å². The Morgan fingerprint density at radius 2 is 1.74 bits per heavy atom. The molecule has 1 N–H and O–H groups in total. The molecule has 23 heavy (non-hydrogen) atoms. The average Bonchev–Trinajstić information content (AvgIpc) is 3.02. The molecule has 1 aliphatic rings. The lowest BCUT2D eigenvalue weighted by atomic mass is 10.2. The Kier molecular flexibility index (Phi) is 4.74. The fourth-order valence-electron chi connectivity index (χ4n) is 2.73. The van der Waals surface area contributed by atoms with Crippen LogP contribution in [-0.4, -0.2) is 19.0 Å². The zero-order valence-corrected chi connectivity index (χ0v) is 13.8. The zero-order chi connectivity index (χ0) is 16.4. The van der Waals surface area contributed by atoms with Crippen molar-refractivity contribution in [2.24, 2.45) is 0 Å². The van der Waals surface area contributed by atoms with Gasteiger partial charge in [0.15, 0.2) is 0 Å². The Morgan fingerprint density at radius 3 is 2.39 bits per heavy atom. The maximum Gasteiger partial charge on any atom is 0.255 e. The van der Waals surface area contributed by atoms with Gasteiger partial charge in [0.25, 0.3) is 5.91 Å². The second kappa shape index (κ2) is 6.77. The molecule has 1 saturated heterocycles. The largest absolute Gasteiger partial charge is 0.370 e. The molecular weight excluding hydrogens is 338 g/mol. The molecule has 0 radical (unpaired) electrons. The highest BCUT2D eigenvalue weighted by molar-refractivity contribution is 6.35. The lowest BCUT2D eigenvalue weighted by molar-refractivity contribution is 0.102. The van der Waals surface area contributed by atoms with Crippen LogP contribution in [0.1, 0.15) is 23.2 Å². The summed E-state index contributed by atoms with van der Waals surface area (Å²) in [5, 5.41) is 3.37. The molecule has 0 unspecified atom stereocenters. The summed E-state index contributed by atoms with van der Waals surface area (Å²) >= 11 is 11.8. The Labute approximate surface area is 144 Å². The van der Waals surface area contributed by atoms with Crippen LogP contribution in [0.4, 0.5) is 15.8 Å². The molecule has 2 aromatic rings. The summed E-state index contributed by atoms with van der Waals surface area (Å²) in [5.74, 6) is -0.907. The van der Waals surface area contributed by atoms with Gasteiger partial charge in [0.2, 0.25) is 0 Å². The summed E-state index contributed by atoms with van der Waals surface area (Å²) in [4.78, 5) is 14.5. The fraction of sp³-hybridized carbons (Fsp3) is 0.235. The number of hydrogen-bond acceptors (Lipinski definition) is 2. The number of benzene rings is 2. The summed E-state index contributed by atoms with van der Waals surface area (Å²) in [6.45, 7) is 1.71. The van der Waals surface area contributed by atoms with Crippen molar-refractivity contribution < 1.29 is 9.18 Å². The van der Waals surface area contributed by atoms with Crippen LogP contribution in [-0.2, 0) is 0 Å². The number of amides is 1. The van der Waals surface area contributed by atoms with Gasteiger partial charge in [-0.05, 0) is 43.2 Å². The summed E-state index contributed by atoms with van der Waals surface area (Å²) in [6, 6.07) is 9.33. The maximum absolute atomic E-state index is 14.2. The van der Waals surface area contributed by atoms with Crippen molar-refractivity contribution in [1.29, 1.82) is 0 Å². The first kappa shape index (κ1) is 16.1. The molecule has 0 aromatic heterocycles. The molecule has 0 atom stereocenters.